The van der Waals surface area contributed by atoms with Gasteiger partial charge in [0.05, 0.1) is 17.7 Å². The number of carbonyl (C=O) groups is 1. The number of nitrogens with one attached hydrogen (secondary N) is 1. The summed E-state index contributed by atoms with van der Waals surface area (Å²) >= 11 is 3.43. The van der Waals surface area contributed by atoms with Crippen molar-refractivity contribution in [2.75, 3.05) is 6.61 Å². The molecule has 0 heterocycles. The molecule has 0 spiro atoms. The number of hydrazone groups is 1. The van der Waals surface area contributed by atoms with Gasteiger partial charge >= 0.3 is 0 Å². The van der Waals surface area contributed by atoms with Crippen molar-refractivity contribution in [3.05, 3.63) is 68.2 Å². The van der Waals surface area contributed by atoms with Crippen LogP contribution in [0.5, 0.6) is 5.75 Å². The number of benzene rings is 2. The average molecular weight is 476 g/mol. The third-order valence-corrected chi connectivity index (χ3v) is 4.93. The molecule has 0 fully saturated rings. The summed E-state index contributed by atoms with van der Waals surface area (Å²) in [5.41, 5.74) is 3.38. The first-order valence-corrected chi connectivity index (χ1v) is 10.8. The first-order valence-electron chi connectivity index (χ1n) is 10.0. The molecule has 0 saturated carbocycles. The number of unbranched alkanes of at least 4 members (excludes halogenated alkanes) is 5. The van der Waals surface area contributed by atoms with Crippen molar-refractivity contribution in [2.24, 2.45) is 5.10 Å². The lowest BCUT2D eigenvalue weighted by Gasteiger charge is -2.09. The van der Waals surface area contributed by atoms with Crippen LogP contribution in [-0.4, -0.2) is 23.7 Å². The second-order valence-corrected chi connectivity index (χ2v) is 7.72. The Bertz CT molecular complexity index is 869. The second-order valence-electron chi connectivity index (χ2n) is 6.80. The van der Waals surface area contributed by atoms with Crippen LogP contribution in [0.4, 0.5) is 5.69 Å². The van der Waals surface area contributed by atoms with Crippen LogP contribution >= 0.6 is 15.9 Å². The van der Waals surface area contributed by atoms with Gasteiger partial charge in [0.15, 0.2) is 0 Å². The summed E-state index contributed by atoms with van der Waals surface area (Å²) in [4.78, 5) is 22.3. The Morgan fingerprint density at radius 3 is 2.53 bits per heavy atom. The van der Waals surface area contributed by atoms with Gasteiger partial charge in [-0.25, -0.2) is 5.43 Å². The molecule has 1 amide bonds. The number of nitro benzene ring substituents is 1. The van der Waals surface area contributed by atoms with E-state index in [0.717, 1.165) is 22.9 Å². The van der Waals surface area contributed by atoms with Crippen molar-refractivity contribution in [3.8, 4) is 5.75 Å². The van der Waals surface area contributed by atoms with Gasteiger partial charge in [-0.05, 0) is 36.8 Å². The molecular formula is C22H26BrN3O4. The average Bonchev–Trinajstić information content (AvgIpc) is 2.74. The zero-order chi connectivity index (χ0) is 21.8. The molecule has 0 aliphatic carbocycles. The zero-order valence-electron chi connectivity index (χ0n) is 17.0. The molecule has 2 aromatic carbocycles. The minimum Gasteiger partial charge on any atom is -0.493 e. The number of nitrogens with zero attached hydrogens (tertiary/aromatic N) is 2. The van der Waals surface area contributed by atoms with Gasteiger partial charge in [0, 0.05) is 27.7 Å². The quantitative estimate of drug-likeness (QED) is 0.180. The largest absolute Gasteiger partial charge is 0.493 e. The van der Waals surface area contributed by atoms with Gasteiger partial charge in [-0.2, -0.15) is 5.10 Å². The van der Waals surface area contributed by atoms with E-state index in [1.54, 1.807) is 0 Å². The summed E-state index contributed by atoms with van der Waals surface area (Å²) < 4.78 is 6.76. The molecule has 2 rings (SSSR count). The molecule has 0 radical (unpaired) electrons. The number of non-ortho nitro benzene ring substituents is 1. The van der Waals surface area contributed by atoms with E-state index in [4.69, 9.17) is 4.74 Å². The van der Waals surface area contributed by atoms with Crippen LogP contribution < -0.4 is 10.2 Å². The van der Waals surface area contributed by atoms with E-state index in [1.807, 2.05) is 18.2 Å². The monoisotopic (exact) mass is 475 g/mol. The standard InChI is InChI=1S/C22H26BrN3O4/c1-2-3-4-5-6-7-14-30-21-13-10-19(23)15-18(21)16-24-25-22(27)17-8-11-20(12-9-17)26(28)29/h8-13,15-16H,2-7,14H2,1H3,(H,25,27)/b24-16+. The lowest BCUT2D eigenvalue weighted by molar-refractivity contribution is -0.384. The van der Waals surface area contributed by atoms with Crippen molar-refractivity contribution in [1.82, 2.24) is 5.43 Å². The Hall–Kier alpha value is -2.74. The molecule has 160 valence electrons. The Labute approximate surface area is 184 Å². The van der Waals surface area contributed by atoms with Crippen LogP contribution in [0.25, 0.3) is 0 Å². The number of rotatable bonds is 12. The molecule has 0 aromatic heterocycles. The highest BCUT2D eigenvalue weighted by atomic mass is 79.9. The van der Waals surface area contributed by atoms with E-state index in [0.29, 0.717) is 12.4 Å². The van der Waals surface area contributed by atoms with Crippen LogP contribution in [0, 0.1) is 10.1 Å². The molecule has 0 unspecified atom stereocenters. The van der Waals surface area contributed by atoms with E-state index in [2.05, 4.69) is 33.4 Å². The van der Waals surface area contributed by atoms with E-state index in [9.17, 15) is 14.9 Å². The van der Waals surface area contributed by atoms with Crippen LogP contribution in [0.1, 0.15) is 61.4 Å². The Balaban J connectivity index is 1.90. The molecule has 7 nitrogen and oxygen atoms in total. The summed E-state index contributed by atoms with van der Waals surface area (Å²) in [7, 11) is 0. The summed E-state index contributed by atoms with van der Waals surface area (Å²) in [5.74, 6) is 0.241. The third kappa shape index (κ3) is 7.94. The fourth-order valence-electron chi connectivity index (χ4n) is 2.78. The van der Waals surface area contributed by atoms with Gasteiger partial charge in [0.1, 0.15) is 5.75 Å². The van der Waals surface area contributed by atoms with Crippen molar-refractivity contribution in [2.45, 2.75) is 45.4 Å². The van der Waals surface area contributed by atoms with Crippen molar-refractivity contribution >= 4 is 33.7 Å². The third-order valence-electron chi connectivity index (χ3n) is 4.44. The number of ether oxygens (including phenoxy) is 1. The Kier molecular flexibility index (Phi) is 10.00. The number of carbonyl (C=O) groups excluding carboxylic acids is 1. The van der Waals surface area contributed by atoms with Gasteiger partial charge in [-0.15, -0.1) is 0 Å². The zero-order valence-corrected chi connectivity index (χ0v) is 18.6. The van der Waals surface area contributed by atoms with Crippen LogP contribution in [0.15, 0.2) is 52.0 Å². The van der Waals surface area contributed by atoms with E-state index >= 15 is 0 Å². The summed E-state index contributed by atoms with van der Waals surface area (Å²) in [6, 6.07) is 10.9. The maximum absolute atomic E-state index is 12.2. The lowest BCUT2D eigenvalue weighted by atomic mass is 10.1. The van der Waals surface area contributed by atoms with E-state index in [1.165, 1.54) is 56.2 Å². The van der Waals surface area contributed by atoms with Crippen LogP contribution in [0.3, 0.4) is 0 Å². The molecule has 0 aliphatic rings. The molecular weight excluding hydrogens is 450 g/mol. The number of amides is 1. The van der Waals surface area contributed by atoms with Gasteiger partial charge in [-0.1, -0.05) is 55.0 Å². The summed E-state index contributed by atoms with van der Waals surface area (Å²) in [6.45, 7) is 2.83. The minimum atomic E-state index is -0.514. The fourth-order valence-corrected chi connectivity index (χ4v) is 3.15. The normalized spacial score (nSPS) is 10.9. The summed E-state index contributed by atoms with van der Waals surface area (Å²) in [6.07, 6.45) is 8.66. The Morgan fingerprint density at radius 1 is 1.13 bits per heavy atom. The van der Waals surface area contributed by atoms with Crippen molar-refractivity contribution in [3.63, 3.8) is 0 Å². The lowest BCUT2D eigenvalue weighted by Crippen LogP contribution is -2.17. The fraction of sp³-hybridized carbons (Fsp3) is 0.364. The van der Waals surface area contributed by atoms with E-state index < -0.39 is 10.8 Å². The van der Waals surface area contributed by atoms with Crippen LogP contribution in [-0.2, 0) is 0 Å². The molecule has 0 saturated heterocycles. The number of halogens is 1. The maximum atomic E-state index is 12.2. The molecule has 1 N–H and O–H groups in total. The maximum Gasteiger partial charge on any atom is 0.271 e. The number of nitro groups is 1. The second kappa shape index (κ2) is 12.7. The Morgan fingerprint density at radius 2 is 1.83 bits per heavy atom. The molecule has 2 aromatic rings. The van der Waals surface area contributed by atoms with Gasteiger partial charge < -0.3 is 4.74 Å². The highest BCUT2D eigenvalue weighted by Gasteiger charge is 2.09. The van der Waals surface area contributed by atoms with Gasteiger partial charge in [0.25, 0.3) is 11.6 Å². The smallest absolute Gasteiger partial charge is 0.271 e. The highest BCUT2D eigenvalue weighted by molar-refractivity contribution is 9.10. The molecule has 30 heavy (non-hydrogen) atoms. The van der Waals surface area contributed by atoms with E-state index in [-0.39, 0.29) is 11.3 Å². The molecule has 0 aliphatic heterocycles. The van der Waals surface area contributed by atoms with Crippen molar-refractivity contribution in [1.29, 1.82) is 0 Å². The minimum absolute atomic E-state index is 0.0728. The van der Waals surface area contributed by atoms with Gasteiger partial charge in [-0.3, -0.25) is 14.9 Å². The number of hydrogen-bond acceptors (Lipinski definition) is 5. The predicted molar refractivity (Wildman–Crippen MR) is 121 cm³/mol. The highest BCUT2D eigenvalue weighted by Crippen LogP contribution is 2.22. The first kappa shape index (κ1) is 23.5. The molecule has 0 bridgehead atoms. The predicted octanol–water partition coefficient (Wildman–Crippen LogP) is 5.86. The topological polar surface area (TPSA) is 93.8 Å². The molecule has 8 heteroatoms. The SMILES string of the molecule is CCCCCCCCOc1ccc(Br)cc1/C=N/NC(=O)c1ccc([N+](=O)[O-])cc1. The van der Waals surface area contributed by atoms with Crippen LogP contribution in [0.2, 0.25) is 0 Å². The van der Waals surface area contributed by atoms with Crippen molar-refractivity contribution < 1.29 is 14.5 Å². The molecule has 0 atom stereocenters. The first-order chi connectivity index (χ1) is 14.5. The summed E-state index contributed by atoms with van der Waals surface area (Å²) in [5, 5.41) is 14.7. The van der Waals surface area contributed by atoms with Gasteiger partial charge in [0.2, 0.25) is 0 Å². The number of hydrogen-bond donors (Lipinski definition) is 1.